The summed E-state index contributed by atoms with van der Waals surface area (Å²) in [4.78, 5) is 14.7. The van der Waals surface area contributed by atoms with Crippen LogP contribution in [0.3, 0.4) is 0 Å². The van der Waals surface area contributed by atoms with E-state index in [2.05, 4.69) is 4.98 Å². The Morgan fingerprint density at radius 2 is 2.00 bits per heavy atom. The van der Waals surface area contributed by atoms with Crippen molar-refractivity contribution >= 4 is 17.7 Å². The Kier molecular flexibility index (Phi) is 3.57. The predicted octanol–water partition coefficient (Wildman–Crippen LogP) is 3.21. The molecular weight excluding hydrogens is 260 g/mol. The molecule has 0 unspecified atom stereocenters. The molecule has 0 amide bonds. The number of carboxylic acid groups (broad SMARTS) is 1. The minimum absolute atomic E-state index is 0.0457. The zero-order valence-electron chi connectivity index (χ0n) is 8.93. The van der Waals surface area contributed by atoms with E-state index >= 15 is 0 Å². The van der Waals surface area contributed by atoms with Crippen LogP contribution < -0.4 is 0 Å². The third-order valence-corrected chi connectivity index (χ3v) is 3.05. The number of carbonyl (C=O) groups is 1. The molecule has 1 aromatic carbocycles. The monoisotopic (exact) mass is 267 g/mol. The van der Waals surface area contributed by atoms with Crippen LogP contribution in [0.15, 0.2) is 46.5 Å². The first-order valence-electron chi connectivity index (χ1n) is 4.88. The van der Waals surface area contributed by atoms with Gasteiger partial charge in [0.1, 0.15) is 16.7 Å². The number of aromatic nitrogens is 1. The Labute approximate surface area is 105 Å². The second-order valence-corrected chi connectivity index (χ2v) is 4.43. The molecule has 1 heterocycles. The molecule has 0 aliphatic carbocycles. The summed E-state index contributed by atoms with van der Waals surface area (Å²) in [5.41, 5.74) is 0.0457. The van der Waals surface area contributed by atoms with Gasteiger partial charge in [0.2, 0.25) is 0 Å². The zero-order chi connectivity index (χ0) is 13.1. The fourth-order valence-electron chi connectivity index (χ4n) is 1.27. The number of aromatic carboxylic acids is 1. The number of nitrogens with zero attached hydrogens (tertiary/aromatic N) is 1. The van der Waals surface area contributed by atoms with Crippen molar-refractivity contribution in [2.24, 2.45) is 0 Å². The van der Waals surface area contributed by atoms with Crippen LogP contribution in [0.25, 0.3) is 0 Å². The summed E-state index contributed by atoms with van der Waals surface area (Å²) in [6.07, 6.45) is 1.31. The number of halogens is 2. The SMILES string of the molecule is O=C(O)c1ccnc(Sc2cc(F)ccc2F)c1. The molecule has 2 rings (SSSR count). The molecule has 0 fully saturated rings. The average Bonchev–Trinajstić information content (AvgIpc) is 2.34. The summed E-state index contributed by atoms with van der Waals surface area (Å²) in [6.45, 7) is 0. The Morgan fingerprint density at radius 3 is 2.72 bits per heavy atom. The molecule has 18 heavy (non-hydrogen) atoms. The summed E-state index contributed by atoms with van der Waals surface area (Å²) < 4.78 is 26.3. The lowest BCUT2D eigenvalue weighted by atomic mass is 10.3. The van der Waals surface area contributed by atoms with E-state index in [9.17, 15) is 13.6 Å². The quantitative estimate of drug-likeness (QED) is 0.927. The third kappa shape index (κ3) is 2.84. The Morgan fingerprint density at radius 1 is 1.22 bits per heavy atom. The smallest absolute Gasteiger partial charge is 0.335 e. The van der Waals surface area contributed by atoms with Crippen molar-refractivity contribution in [3.8, 4) is 0 Å². The number of rotatable bonds is 3. The van der Waals surface area contributed by atoms with Gasteiger partial charge in [0, 0.05) is 6.20 Å². The van der Waals surface area contributed by atoms with Crippen LogP contribution in [0, 0.1) is 11.6 Å². The topological polar surface area (TPSA) is 50.2 Å². The van der Waals surface area contributed by atoms with E-state index in [-0.39, 0.29) is 10.5 Å². The summed E-state index contributed by atoms with van der Waals surface area (Å²) in [5, 5.41) is 9.09. The van der Waals surface area contributed by atoms with Crippen molar-refractivity contribution in [2.45, 2.75) is 9.92 Å². The van der Waals surface area contributed by atoms with Crippen molar-refractivity contribution in [1.29, 1.82) is 0 Å². The average molecular weight is 267 g/mol. The molecule has 0 aliphatic rings. The van der Waals surface area contributed by atoms with Gasteiger partial charge in [-0.3, -0.25) is 0 Å². The third-order valence-electron chi connectivity index (χ3n) is 2.09. The van der Waals surface area contributed by atoms with E-state index in [0.717, 1.165) is 30.0 Å². The van der Waals surface area contributed by atoms with Gasteiger partial charge >= 0.3 is 5.97 Å². The lowest BCUT2D eigenvalue weighted by Gasteiger charge is -2.03. The van der Waals surface area contributed by atoms with Crippen molar-refractivity contribution in [3.63, 3.8) is 0 Å². The van der Waals surface area contributed by atoms with Gasteiger partial charge in [-0.2, -0.15) is 0 Å². The summed E-state index contributed by atoms with van der Waals surface area (Å²) in [6, 6.07) is 5.69. The van der Waals surface area contributed by atoms with Crippen LogP contribution in [-0.2, 0) is 0 Å². The van der Waals surface area contributed by atoms with E-state index < -0.39 is 17.6 Å². The molecule has 6 heteroatoms. The molecular formula is C12H7F2NO2S. The molecule has 0 bridgehead atoms. The van der Waals surface area contributed by atoms with Gasteiger partial charge < -0.3 is 5.11 Å². The van der Waals surface area contributed by atoms with Crippen LogP contribution in [0.4, 0.5) is 8.78 Å². The second kappa shape index (κ2) is 5.14. The van der Waals surface area contributed by atoms with E-state index in [1.807, 2.05) is 0 Å². The first-order valence-corrected chi connectivity index (χ1v) is 5.70. The first-order chi connectivity index (χ1) is 8.56. The van der Waals surface area contributed by atoms with Gasteiger partial charge in [0.25, 0.3) is 0 Å². The standard InChI is InChI=1S/C12H7F2NO2S/c13-8-1-2-9(14)10(6-8)18-11-5-7(12(16)17)3-4-15-11/h1-6H,(H,16,17). The van der Waals surface area contributed by atoms with Gasteiger partial charge in [0.15, 0.2) is 0 Å². The maximum Gasteiger partial charge on any atom is 0.335 e. The van der Waals surface area contributed by atoms with Crippen molar-refractivity contribution in [3.05, 3.63) is 53.7 Å². The number of hydrogen-bond donors (Lipinski definition) is 1. The molecule has 1 N–H and O–H groups in total. The van der Waals surface area contributed by atoms with Gasteiger partial charge in [-0.15, -0.1) is 0 Å². The van der Waals surface area contributed by atoms with Crippen LogP contribution >= 0.6 is 11.8 Å². The highest BCUT2D eigenvalue weighted by Gasteiger charge is 2.09. The Bertz CT molecular complexity index is 604. The fourth-order valence-corrected chi connectivity index (χ4v) is 2.13. The summed E-state index contributed by atoms with van der Waals surface area (Å²) in [5.74, 6) is -2.24. The maximum atomic E-state index is 13.4. The highest BCUT2D eigenvalue weighted by atomic mass is 32.2. The van der Waals surface area contributed by atoms with Crippen LogP contribution in [0.5, 0.6) is 0 Å². The maximum absolute atomic E-state index is 13.4. The molecule has 3 nitrogen and oxygen atoms in total. The van der Waals surface area contributed by atoms with Crippen LogP contribution in [0.1, 0.15) is 10.4 Å². The lowest BCUT2D eigenvalue weighted by molar-refractivity contribution is 0.0696. The van der Waals surface area contributed by atoms with E-state index in [0.29, 0.717) is 5.03 Å². The van der Waals surface area contributed by atoms with Crippen LogP contribution in [-0.4, -0.2) is 16.1 Å². The molecule has 2 aromatic rings. The molecule has 0 saturated heterocycles. The highest BCUT2D eigenvalue weighted by molar-refractivity contribution is 7.99. The molecule has 0 atom stereocenters. The minimum atomic E-state index is -1.10. The zero-order valence-corrected chi connectivity index (χ0v) is 9.75. The molecule has 0 saturated carbocycles. The Hall–Kier alpha value is -1.95. The molecule has 0 aliphatic heterocycles. The minimum Gasteiger partial charge on any atom is -0.478 e. The van der Waals surface area contributed by atoms with Crippen molar-refractivity contribution in [2.75, 3.05) is 0 Å². The number of carboxylic acids is 1. The van der Waals surface area contributed by atoms with Crippen LogP contribution in [0.2, 0.25) is 0 Å². The van der Waals surface area contributed by atoms with Gasteiger partial charge in [-0.1, -0.05) is 11.8 Å². The first kappa shape index (κ1) is 12.5. The Balaban J connectivity index is 2.31. The van der Waals surface area contributed by atoms with Gasteiger partial charge in [-0.25, -0.2) is 18.6 Å². The van der Waals surface area contributed by atoms with E-state index in [1.165, 1.54) is 18.3 Å². The van der Waals surface area contributed by atoms with Crippen molar-refractivity contribution in [1.82, 2.24) is 4.98 Å². The molecule has 0 spiro atoms. The molecule has 0 radical (unpaired) electrons. The normalized spacial score (nSPS) is 10.3. The lowest BCUT2D eigenvalue weighted by Crippen LogP contribution is -1.96. The molecule has 1 aromatic heterocycles. The van der Waals surface area contributed by atoms with E-state index in [4.69, 9.17) is 5.11 Å². The fraction of sp³-hybridized carbons (Fsp3) is 0. The highest BCUT2D eigenvalue weighted by Crippen LogP contribution is 2.29. The number of pyridine rings is 1. The van der Waals surface area contributed by atoms with Gasteiger partial charge in [-0.05, 0) is 30.3 Å². The number of benzene rings is 1. The second-order valence-electron chi connectivity index (χ2n) is 3.36. The summed E-state index contributed by atoms with van der Waals surface area (Å²) in [7, 11) is 0. The van der Waals surface area contributed by atoms with Gasteiger partial charge in [0.05, 0.1) is 10.5 Å². The predicted molar refractivity (Wildman–Crippen MR) is 61.7 cm³/mol. The largest absolute Gasteiger partial charge is 0.478 e. The molecule has 92 valence electrons. The van der Waals surface area contributed by atoms with E-state index in [1.54, 1.807) is 0 Å². The number of hydrogen-bond acceptors (Lipinski definition) is 3. The van der Waals surface area contributed by atoms with Crippen molar-refractivity contribution < 1.29 is 18.7 Å². The summed E-state index contributed by atoms with van der Waals surface area (Å²) >= 11 is 0.871.